The zero-order chi connectivity index (χ0) is 11.8. The van der Waals surface area contributed by atoms with Crippen LogP contribution in [-0.4, -0.2) is 15.0 Å². The molecule has 1 aromatic carbocycles. The van der Waals surface area contributed by atoms with E-state index in [2.05, 4.69) is 15.0 Å². The molecule has 0 spiro atoms. The first-order chi connectivity index (χ1) is 8.26. The lowest BCUT2D eigenvalue weighted by Gasteiger charge is -2.02. The number of rotatable bonds is 1. The van der Waals surface area contributed by atoms with Crippen LogP contribution in [0.1, 0.15) is 5.82 Å². The van der Waals surface area contributed by atoms with Crippen LogP contribution >= 0.6 is 0 Å². The highest BCUT2D eigenvalue weighted by Crippen LogP contribution is 2.18. The molecule has 0 amide bonds. The molecular weight excluding hydrogens is 219 g/mol. The first-order valence-corrected chi connectivity index (χ1v) is 5.18. The molecule has 0 aliphatic carbocycles. The van der Waals surface area contributed by atoms with E-state index in [1.165, 1.54) is 12.1 Å². The van der Waals surface area contributed by atoms with Gasteiger partial charge in [0.1, 0.15) is 11.6 Å². The van der Waals surface area contributed by atoms with E-state index < -0.39 is 0 Å². The smallest absolute Gasteiger partial charge is 0.163 e. The van der Waals surface area contributed by atoms with Crippen LogP contribution in [0.3, 0.4) is 0 Å². The van der Waals surface area contributed by atoms with Crippen molar-refractivity contribution < 1.29 is 4.39 Å². The zero-order valence-corrected chi connectivity index (χ0v) is 8.89. The van der Waals surface area contributed by atoms with Crippen molar-refractivity contribution >= 4 is 21.9 Å². The molecule has 2 N–H and O–H groups in total. The summed E-state index contributed by atoms with van der Waals surface area (Å²) in [5, 5.41) is 1.68. The summed E-state index contributed by atoms with van der Waals surface area (Å²) in [5.74, 6) is 0.221. The number of fused-ring (bicyclic) bond motifs is 2. The lowest BCUT2D eigenvalue weighted by atomic mass is 10.2. The Bertz CT molecular complexity index is 711. The third-order valence-corrected chi connectivity index (χ3v) is 2.56. The largest absolute Gasteiger partial charge is 0.324 e. The quantitative estimate of drug-likeness (QED) is 0.645. The van der Waals surface area contributed by atoms with E-state index in [0.717, 1.165) is 10.8 Å². The number of nitrogens with two attached hydrogens (primary N) is 1. The standard InChI is InChI=1S/C12H9FN4/c13-9-2-1-7-3-8-6-15-11(5-14)17-12(8)16-10(7)4-9/h1-4,6H,5,14H2. The van der Waals surface area contributed by atoms with Gasteiger partial charge in [-0.05, 0) is 18.2 Å². The Kier molecular flexibility index (Phi) is 2.19. The SMILES string of the molecule is NCc1ncc2cc3ccc(F)cc3nc2n1. The number of hydrogen-bond acceptors (Lipinski definition) is 4. The van der Waals surface area contributed by atoms with Gasteiger partial charge >= 0.3 is 0 Å². The molecule has 2 aromatic heterocycles. The minimum absolute atomic E-state index is 0.263. The molecule has 3 rings (SSSR count). The van der Waals surface area contributed by atoms with Gasteiger partial charge in [-0.15, -0.1) is 0 Å². The third-order valence-electron chi connectivity index (χ3n) is 2.56. The fourth-order valence-corrected chi connectivity index (χ4v) is 1.72. The van der Waals surface area contributed by atoms with E-state index in [-0.39, 0.29) is 12.4 Å². The fraction of sp³-hybridized carbons (Fsp3) is 0.0833. The summed E-state index contributed by atoms with van der Waals surface area (Å²) >= 11 is 0. The van der Waals surface area contributed by atoms with Crippen molar-refractivity contribution in [1.29, 1.82) is 0 Å². The Hall–Kier alpha value is -2.14. The highest BCUT2D eigenvalue weighted by Gasteiger charge is 2.03. The van der Waals surface area contributed by atoms with Crippen LogP contribution in [0.2, 0.25) is 0 Å². The molecule has 0 aliphatic rings. The van der Waals surface area contributed by atoms with Gasteiger partial charge in [-0.2, -0.15) is 0 Å². The van der Waals surface area contributed by atoms with Crippen LogP contribution in [0.5, 0.6) is 0 Å². The molecule has 2 heterocycles. The van der Waals surface area contributed by atoms with Crippen molar-refractivity contribution in [2.24, 2.45) is 5.73 Å². The number of hydrogen-bond donors (Lipinski definition) is 1. The molecule has 0 saturated carbocycles. The van der Waals surface area contributed by atoms with Gasteiger partial charge in [0, 0.05) is 23.0 Å². The zero-order valence-electron chi connectivity index (χ0n) is 8.89. The van der Waals surface area contributed by atoms with Gasteiger partial charge in [0.2, 0.25) is 0 Å². The fourth-order valence-electron chi connectivity index (χ4n) is 1.72. The van der Waals surface area contributed by atoms with Crippen molar-refractivity contribution in [3.05, 3.63) is 42.1 Å². The van der Waals surface area contributed by atoms with E-state index in [4.69, 9.17) is 5.73 Å². The van der Waals surface area contributed by atoms with Gasteiger partial charge in [0.15, 0.2) is 5.65 Å². The molecule has 5 heteroatoms. The highest BCUT2D eigenvalue weighted by molar-refractivity contribution is 5.90. The lowest BCUT2D eigenvalue weighted by molar-refractivity contribution is 0.629. The van der Waals surface area contributed by atoms with Crippen molar-refractivity contribution in [3.63, 3.8) is 0 Å². The predicted octanol–water partition coefficient (Wildman–Crippen LogP) is 1.78. The number of pyridine rings is 1. The minimum Gasteiger partial charge on any atom is -0.324 e. The first kappa shape index (κ1) is 10.0. The Labute approximate surface area is 96.3 Å². The summed E-state index contributed by atoms with van der Waals surface area (Å²) in [7, 11) is 0. The molecule has 84 valence electrons. The van der Waals surface area contributed by atoms with E-state index in [1.807, 2.05) is 6.07 Å². The topological polar surface area (TPSA) is 64.7 Å². The molecule has 0 saturated heterocycles. The summed E-state index contributed by atoms with van der Waals surface area (Å²) in [5.41, 5.74) is 6.59. The second-order valence-electron chi connectivity index (χ2n) is 3.73. The Morgan fingerprint density at radius 3 is 2.82 bits per heavy atom. The lowest BCUT2D eigenvalue weighted by Crippen LogP contribution is -2.03. The van der Waals surface area contributed by atoms with Crippen LogP contribution in [0.4, 0.5) is 4.39 Å². The third kappa shape index (κ3) is 1.70. The van der Waals surface area contributed by atoms with Crippen LogP contribution in [-0.2, 0) is 6.54 Å². The van der Waals surface area contributed by atoms with Gasteiger partial charge in [-0.25, -0.2) is 19.3 Å². The summed E-state index contributed by atoms with van der Waals surface area (Å²) in [6.45, 7) is 0.263. The average molecular weight is 228 g/mol. The van der Waals surface area contributed by atoms with Gasteiger partial charge in [-0.3, -0.25) is 0 Å². The maximum atomic E-state index is 13.1. The number of halogens is 1. The second-order valence-corrected chi connectivity index (χ2v) is 3.73. The van der Waals surface area contributed by atoms with E-state index in [0.29, 0.717) is 17.0 Å². The molecule has 0 fully saturated rings. The summed E-state index contributed by atoms with van der Waals surface area (Å²) in [6.07, 6.45) is 1.68. The second kappa shape index (κ2) is 3.71. The summed E-state index contributed by atoms with van der Waals surface area (Å²) < 4.78 is 13.1. The van der Waals surface area contributed by atoms with Gasteiger partial charge in [-0.1, -0.05) is 0 Å². The molecule has 0 aliphatic heterocycles. The molecule has 17 heavy (non-hydrogen) atoms. The Morgan fingerprint density at radius 1 is 1.12 bits per heavy atom. The van der Waals surface area contributed by atoms with Gasteiger partial charge in [0.25, 0.3) is 0 Å². The van der Waals surface area contributed by atoms with Gasteiger partial charge in [0.05, 0.1) is 12.1 Å². The molecule has 0 atom stereocenters. The summed E-state index contributed by atoms with van der Waals surface area (Å²) in [6, 6.07) is 6.37. The maximum Gasteiger partial charge on any atom is 0.163 e. The van der Waals surface area contributed by atoms with E-state index in [1.54, 1.807) is 12.3 Å². The normalized spacial score (nSPS) is 11.2. The molecule has 0 unspecified atom stereocenters. The van der Waals surface area contributed by atoms with E-state index in [9.17, 15) is 4.39 Å². The number of nitrogens with zero attached hydrogens (tertiary/aromatic N) is 3. The first-order valence-electron chi connectivity index (χ1n) is 5.18. The molecule has 0 radical (unpaired) electrons. The van der Waals surface area contributed by atoms with Crippen LogP contribution in [0, 0.1) is 5.82 Å². The van der Waals surface area contributed by atoms with Crippen LogP contribution in [0.25, 0.3) is 21.9 Å². The maximum absolute atomic E-state index is 13.1. The minimum atomic E-state index is -0.308. The number of aromatic nitrogens is 3. The average Bonchev–Trinajstić information content (AvgIpc) is 2.35. The van der Waals surface area contributed by atoms with Crippen molar-refractivity contribution in [1.82, 2.24) is 15.0 Å². The highest BCUT2D eigenvalue weighted by atomic mass is 19.1. The monoisotopic (exact) mass is 228 g/mol. The van der Waals surface area contributed by atoms with Crippen molar-refractivity contribution in [2.45, 2.75) is 6.54 Å². The molecule has 0 bridgehead atoms. The molecular formula is C12H9FN4. The number of benzene rings is 1. The van der Waals surface area contributed by atoms with Crippen LogP contribution in [0.15, 0.2) is 30.5 Å². The Balaban J connectivity index is 2.36. The predicted molar refractivity (Wildman–Crippen MR) is 62.7 cm³/mol. The van der Waals surface area contributed by atoms with Crippen molar-refractivity contribution in [2.75, 3.05) is 0 Å². The summed E-state index contributed by atoms with van der Waals surface area (Å²) in [4.78, 5) is 12.6. The van der Waals surface area contributed by atoms with Crippen LogP contribution < -0.4 is 5.73 Å². The van der Waals surface area contributed by atoms with Crippen molar-refractivity contribution in [3.8, 4) is 0 Å². The molecule has 4 nitrogen and oxygen atoms in total. The Morgan fingerprint density at radius 2 is 2.00 bits per heavy atom. The molecule has 3 aromatic rings. The van der Waals surface area contributed by atoms with E-state index >= 15 is 0 Å². The van der Waals surface area contributed by atoms with Gasteiger partial charge < -0.3 is 5.73 Å².